The standard InChI is InChI=1S/C11H24N4O2/c1-9(2)6-13-10(15-12)14-7-11(16-3)4-5-17-8-11/h9H,4-8,12H2,1-3H3,(H2,13,14,15). The van der Waals surface area contributed by atoms with Crippen LogP contribution in [0.1, 0.15) is 20.3 Å². The quantitative estimate of drug-likeness (QED) is 0.271. The Morgan fingerprint density at radius 3 is 2.82 bits per heavy atom. The summed E-state index contributed by atoms with van der Waals surface area (Å²) in [6.07, 6.45) is 0.870. The van der Waals surface area contributed by atoms with Gasteiger partial charge < -0.3 is 14.8 Å². The Hall–Kier alpha value is -0.850. The number of methoxy groups -OCH3 is 1. The molecule has 6 nitrogen and oxygen atoms in total. The van der Waals surface area contributed by atoms with Crippen LogP contribution in [0.2, 0.25) is 0 Å². The molecule has 1 rings (SSSR count). The van der Waals surface area contributed by atoms with Crippen molar-refractivity contribution < 1.29 is 9.47 Å². The molecule has 0 aromatic heterocycles. The predicted octanol–water partition coefficient (Wildman–Crippen LogP) is -0.143. The monoisotopic (exact) mass is 244 g/mol. The number of ether oxygens (including phenoxy) is 2. The van der Waals surface area contributed by atoms with Crippen molar-refractivity contribution in [2.75, 3.05) is 33.4 Å². The number of nitrogens with one attached hydrogen (secondary N) is 2. The van der Waals surface area contributed by atoms with Crippen molar-refractivity contribution in [3.05, 3.63) is 0 Å². The summed E-state index contributed by atoms with van der Waals surface area (Å²) in [4.78, 5) is 4.40. The Morgan fingerprint density at radius 2 is 2.35 bits per heavy atom. The number of guanidine groups is 1. The summed E-state index contributed by atoms with van der Waals surface area (Å²) in [5.41, 5.74) is 2.28. The van der Waals surface area contributed by atoms with Crippen LogP contribution in [0.25, 0.3) is 0 Å². The summed E-state index contributed by atoms with van der Waals surface area (Å²) < 4.78 is 10.8. The van der Waals surface area contributed by atoms with E-state index in [-0.39, 0.29) is 5.60 Å². The van der Waals surface area contributed by atoms with Gasteiger partial charge in [0.05, 0.1) is 13.2 Å². The molecule has 1 unspecified atom stereocenters. The Bertz CT molecular complexity index is 250. The molecule has 1 atom stereocenters. The first kappa shape index (κ1) is 14.2. The van der Waals surface area contributed by atoms with E-state index in [1.165, 1.54) is 0 Å². The van der Waals surface area contributed by atoms with Gasteiger partial charge in [-0.25, -0.2) is 10.8 Å². The third kappa shape index (κ3) is 4.49. The SMILES string of the molecule is COC1(CN=C(NN)NCC(C)C)CCOC1. The van der Waals surface area contributed by atoms with Crippen LogP contribution in [0.5, 0.6) is 0 Å². The zero-order chi connectivity index (χ0) is 12.7. The molecule has 4 N–H and O–H groups in total. The average molecular weight is 244 g/mol. The topological polar surface area (TPSA) is 80.9 Å². The summed E-state index contributed by atoms with van der Waals surface area (Å²) in [5, 5.41) is 3.15. The van der Waals surface area contributed by atoms with Crippen LogP contribution in [0.15, 0.2) is 4.99 Å². The Morgan fingerprint density at radius 1 is 1.59 bits per heavy atom. The second-order valence-corrected chi connectivity index (χ2v) is 4.77. The number of hydrazine groups is 1. The second-order valence-electron chi connectivity index (χ2n) is 4.77. The summed E-state index contributed by atoms with van der Waals surface area (Å²) in [6, 6.07) is 0. The van der Waals surface area contributed by atoms with Gasteiger partial charge in [-0.3, -0.25) is 5.43 Å². The molecule has 0 aliphatic carbocycles. The predicted molar refractivity (Wildman–Crippen MR) is 67.6 cm³/mol. The number of hydrogen-bond acceptors (Lipinski definition) is 4. The molecule has 6 heteroatoms. The Labute approximate surface area is 103 Å². The van der Waals surface area contributed by atoms with E-state index in [4.69, 9.17) is 15.3 Å². The minimum absolute atomic E-state index is 0.290. The molecule has 0 aromatic rings. The number of hydrogen-bond donors (Lipinski definition) is 3. The Kier molecular flexibility index (Phi) is 5.67. The number of nitrogens with two attached hydrogens (primary N) is 1. The maximum absolute atomic E-state index is 5.49. The lowest BCUT2D eigenvalue weighted by atomic mass is 10.0. The molecule has 17 heavy (non-hydrogen) atoms. The van der Waals surface area contributed by atoms with Gasteiger partial charge in [0.15, 0.2) is 0 Å². The molecule has 0 amide bonds. The highest BCUT2D eigenvalue weighted by Gasteiger charge is 2.34. The van der Waals surface area contributed by atoms with Crippen LogP contribution in [0, 0.1) is 5.92 Å². The summed E-state index contributed by atoms with van der Waals surface area (Å²) >= 11 is 0. The minimum atomic E-state index is -0.290. The lowest BCUT2D eigenvalue weighted by Gasteiger charge is -2.24. The third-order valence-electron chi connectivity index (χ3n) is 2.84. The van der Waals surface area contributed by atoms with Gasteiger partial charge in [0.25, 0.3) is 0 Å². The first-order valence-electron chi connectivity index (χ1n) is 6.00. The smallest absolute Gasteiger partial charge is 0.205 e. The second kappa shape index (κ2) is 6.78. The van der Waals surface area contributed by atoms with Crippen molar-refractivity contribution in [3.63, 3.8) is 0 Å². The van der Waals surface area contributed by atoms with Crippen molar-refractivity contribution in [2.24, 2.45) is 16.8 Å². The van der Waals surface area contributed by atoms with Crippen LogP contribution < -0.4 is 16.6 Å². The van der Waals surface area contributed by atoms with E-state index in [1.54, 1.807) is 7.11 Å². The lowest BCUT2D eigenvalue weighted by Crippen LogP contribution is -2.45. The molecule has 1 aliphatic rings. The van der Waals surface area contributed by atoms with Crippen molar-refractivity contribution in [2.45, 2.75) is 25.9 Å². The van der Waals surface area contributed by atoms with Gasteiger partial charge in [-0.05, 0) is 5.92 Å². The largest absolute Gasteiger partial charge is 0.378 e. The van der Waals surface area contributed by atoms with E-state index in [0.717, 1.165) is 19.6 Å². The van der Waals surface area contributed by atoms with Crippen LogP contribution in [-0.4, -0.2) is 45.0 Å². The van der Waals surface area contributed by atoms with Crippen molar-refractivity contribution in [1.29, 1.82) is 0 Å². The van der Waals surface area contributed by atoms with Crippen molar-refractivity contribution >= 4 is 5.96 Å². The highest BCUT2D eigenvalue weighted by atomic mass is 16.5. The van der Waals surface area contributed by atoms with Crippen LogP contribution in [0.4, 0.5) is 0 Å². The Balaban J connectivity index is 2.47. The molecule has 1 aliphatic heterocycles. The summed E-state index contributed by atoms with van der Waals surface area (Å²) in [6.45, 7) is 6.96. The van der Waals surface area contributed by atoms with Gasteiger partial charge in [-0.2, -0.15) is 0 Å². The number of aliphatic imine (C=N–C) groups is 1. The highest BCUT2D eigenvalue weighted by molar-refractivity contribution is 5.79. The molecule has 0 spiro atoms. The maximum Gasteiger partial charge on any atom is 0.205 e. The molecule has 1 heterocycles. The molecule has 1 fully saturated rings. The van der Waals surface area contributed by atoms with E-state index in [2.05, 4.69) is 29.6 Å². The molecular formula is C11H24N4O2. The molecule has 1 saturated heterocycles. The molecule has 100 valence electrons. The average Bonchev–Trinajstić information content (AvgIpc) is 2.78. The van der Waals surface area contributed by atoms with Gasteiger partial charge in [-0.1, -0.05) is 13.8 Å². The zero-order valence-corrected chi connectivity index (χ0v) is 11.0. The maximum atomic E-state index is 5.49. The van der Waals surface area contributed by atoms with Gasteiger partial charge in [0.1, 0.15) is 5.60 Å². The number of rotatable bonds is 5. The fourth-order valence-electron chi connectivity index (χ4n) is 1.62. The van der Waals surface area contributed by atoms with Gasteiger partial charge in [0.2, 0.25) is 5.96 Å². The number of nitrogens with zero attached hydrogens (tertiary/aromatic N) is 1. The van der Waals surface area contributed by atoms with Crippen LogP contribution in [-0.2, 0) is 9.47 Å². The van der Waals surface area contributed by atoms with E-state index >= 15 is 0 Å². The van der Waals surface area contributed by atoms with Crippen molar-refractivity contribution in [3.8, 4) is 0 Å². The summed E-state index contributed by atoms with van der Waals surface area (Å²) in [5.74, 6) is 6.55. The highest BCUT2D eigenvalue weighted by Crippen LogP contribution is 2.22. The lowest BCUT2D eigenvalue weighted by molar-refractivity contribution is -0.00909. The van der Waals surface area contributed by atoms with Crippen LogP contribution in [0.3, 0.4) is 0 Å². The first-order chi connectivity index (χ1) is 8.12. The molecule has 0 radical (unpaired) electrons. The fraction of sp³-hybridized carbons (Fsp3) is 0.909. The van der Waals surface area contributed by atoms with E-state index in [1.807, 2.05) is 0 Å². The van der Waals surface area contributed by atoms with Crippen molar-refractivity contribution in [1.82, 2.24) is 10.7 Å². The normalized spacial score (nSPS) is 25.4. The van der Waals surface area contributed by atoms with Gasteiger partial charge in [0, 0.05) is 26.7 Å². The summed E-state index contributed by atoms with van der Waals surface area (Å²) in [7, 11) is 1.70. The molecule has 0 aromatic carbocycles. The molecule has 0 bridgehead atoms. The van der Waals surface area contributed by atoms with Gasteiger partial charge >= 0.3 is 0 Å². The van der Waals surface area contributed by atoms with Gasteiger partial charge in [-0.15, -0.1) is 0 Å². The third-order valence-corrected chi connectivity index (χ3v) is 2.84. The van der Waals surface area contributed by atoms with E-state index in [9.17, 15) is 0 Å². The zero-order valence-electron chi connectivity index (χ0n) is 11.0. The van der Waals surface area contributed by atoms with Crippen LogP contribution >= 0.6 is 0 Å². The molecular weight excluding hydrogens is 220 g/mol. The van der Waals surface area contributed by atoms with E-state index < -0.39 is 0 Å². The molecule has 0 saturated carbocycles. The van der Waals surface area contributed by atoms with E-state index in [0.29, 0.717) is 25.0 Å². The first-order valence-corrected chi connectivity index (χ1v) is 6.00. The fourth-order valence-corrected chi connectivity index (χ4v) is 1.62. The minimum Gasteiger partial charge on any atom is -0.378 e.